The fourth-order valence-electron chi connectivity index (χ4n) is 2.48. The van der Waals surface area contributed by atoms with E-state index in [1.54, 1.807) is 7.11 Å². The summed E-state index contributed by atoms with van der Waals surface area (Å²) in [4.78, 5) is 0. The van der Waals surface area contributed by atoms with Gasteiger partial charge in [-0.1, -0.05) is 19.1 Å². The molecular formula is C15H23NO2. The van der Waals surface area contributed by atoms with Gasteiger partial charge in [0.1, 0.15) is 5.75 Å². The fraction of sp³-hybridized carbons (Fsp3) is 0.600. The third kappa shape index (κ3) is 3.24. The van der Waals surface area contributed by atoms with Crippen molar-refractivity contribution in [2.75, 3.05) is 20.3 Å². The highest BCUT2D eigenvalue weighted by Crippen LogP contribution is 2.19. The lowest BCUT2D eigenvalue weighted by Crippen LogP contribution is -2.40. The van der Waals surface area contributed by atoms with E-state index < -0.39 is 0 Å². The highest BCUT2D eigenvalue weighted by atomic mass is 16.5. The normalized spacial score (nSPS) is 23.9. The molecule has 1 heterocycles. The molecule has 3 heteroatoms. The van der Waals surface area contributed by atoms with Gasteiger partial charge in [0.05, 0.1) is 13.7 Å². The molecule has 0 aliphatic carbocycles. The molecule has 0 radical (unpaired) electrons. The third-order valence-corrected chi connectivity index (χ3v) is 3.67. The predicted molar refractivity (Wildman–Crippen MR) is 73.0 cm³/mol. The Labute approximate surface area is 109 Å². The van der Waals surface area contributed by atoms with Gasteiger partial charge in [-0.2, -0.15) is 0 Å². The van der Waals surface area contributed by atoms with Crippen molar-refractivity contribution in [1.29, 1.82) is 0 Å². The van der Waals surface area contributed by atoms with Gasteiger partial charge in [-0.05, 0) is 36.5 Å². The van der Waals surface area contributed by atoms with Gasteiger partial charge in [0, 0.05) is 19.2 Å². The lowest BCUT2D eigenvalue weighted by atomic mass is 9.97. The second kappa shape index (κ2) is 6.21. The average Bonchev–Trinajstić information content (AvgIpc) is 2.38. The van der Waals surface area contributed by atoms with Crippen LogP contribution in [-0.4, -0.2) is 26.4 Å². The number of aryl methyl sites for hydroxylation is 1. The second-order valence-electron chi connectivity index (χ2n) is 5.13. The Kier molecular flexibility index (Phi) is 4.61. The molecule has 1 saturated heterocycles. The van der Waals surface area contributed by atoms with E-state index in [1.807, 2.05) is 6.07 Å². The maximum Gasteiger partial charge on any atom is 0.121 e. The van der Waals surface area contributed by atoms with Crippen molar-refractivity contribution in [3.63, 3.8) is 0 Å². The minimum absolute atomic E-state index is 0.571. The topological polar surface area (TPSA) is 30.5 Å². The summed E-state index contributed by atoms with van der Waals surface area (Å²) in [6.07, 6.45) is 1.11. The van der Waals surface area contributed by atoms with E-state index in [-0.39, 0.29) is 0 Å². The molecule has 0 spiro atoms. The van der Waals surface area contributed by atoms with Gasteiger partial charge in [0.15, 0.2) is 0 Å². The second-order valence-corrected chi connectivity index (χ2v) is 5.13. The zero-order valence-electron chi connectivity index (χ0n) is 11.5. The first-order valence-corrected chi connectivity index (χ1v) is 6.65. The van der Waals surface area contributed by atoms with Crippen LogP contribution < -0.4 is 10.1 Å². The molecule has 0 aromatic heterocycles. The molecule has 1 aliphatic heterocycles. The summed E-state index contributed by atoms with van der Waals surface area (Å²) in [7, 11) is 1.71. The summed E-state index contributed by atoms with van der Waals surface area (Å²) in [6.45, 7) is 7.00. The summed E-state index contributed by atoms with van der Waals surface area (Å²) in [5.74, 6) is 1.55. The summed E-state index contributed by atoms with van der Waals surface area (Å²) < 4.78 is 10.7. The van der Waals surface area contributed by atoms with E-state index in [0.717, 1.165) is 31.9 Å². The van der Waals surface area contributed by atoms with Crippen LogP contribution >= 0.6 is 0 Å². The first-order valence-electron chi connectivity index (χ1n) is 6.65. The van der Waals surface area contributed by atoms with Gasteiger partial charge in [-0.15, -0.1) is 0 Å². The number of ether oxygens (including phenoxy) is 2. The maximum absolute atomic E-state index is 5.46. The number of benzene rings is 1. The van der Waals surface area contributed by atoms with Crippen LogP contribution in [0.1, 0.15) is 24.5 Å². The highest BCUT2D eigenvalue weighted by molar-refractivity contribution is 5.36. The number of hydrogen-bond acceptors (Lipinski definition) is 3. The van der Waals surface area contributed by atoms with Gasteiger partial charge in [-0.25, -0.2) is 0 Å². The standard InChI is InChI=1S/C15H23NO2/c1-11-8-13(4-5-15(11)17-3)9-16-14-6-7-18-10-12(14)2/h4-5,8,12,14,16H,6-7,9-10H2,1-3H3. The minimum atomic E-state index is 0.571. The molecule has 1 aromatic rings. The quantitative estimate of drug-likeness (QED) is 0.889. The van der Waals surface area contributed by atoms with Crippen LogP contribution in [0.5, 0.6) is 5.75 Å². The summed E-state index contributed by atoms with van der Waals surface area (Å²) in [6, 6.07) is 6.93. The smallest absolute Gasteiger partial charge is 0.121 e. The van der Waals surface area contributed by atoms with Gasteiger partial charge in [-0.3, -0.25) is 0 Å². The van der Waals surface area contributed by atoms with Crippen LogP contribution in [0.25, 0.3) is 0 Å². The van der Waals surface area contributed by atoms with E-state index >= 15 is 0 Å². The molecule has 1 N–H and O–H groups in total. The third-order valence-electron chi connectivity index (χ3n) is 3.67. The van der Waals surface area contributed by atoms with Crippen LogP contribution in [-0.2, 0) is 11.3 Å². The maximum atomic E-state index is 5.46. The molecule has 0 bridgehead atoms. The molecule has 1 aromatic carbocycles. The Hall–Kier alpha value is -1.06. The lowest BCUT2D eigenvalue weighted by Gasteiger charge is -2.29. The zero-order valence-corrected chi connectivity index (χ0v) is 11.5. The Morgan fingerprint density at radius 3 is 2.94 bits per heavy atom. The number of methoxy groups -OCH3 is 1. The monoisotopic (exact) mass is 249 g/mol. The highest BCUT2D eigenvalue weighted by Gasteiger charge is 2.20. The zero-order chi connectivity index (χ0) is 13.0. The Morgan fingerprint density at radius 1 is 1.44 bits per heavy atom. The number of hydrogen-bond donors (Lipinski definition) is 1. The molecule has 2 unspecified atom stereocenters. The van der Waals surface area contributed by atoms with Crippen LogP contribution in [0.4, 0.5) is 0 Å². The number of rotatable bonds is 4. The molecule has 0 saturated carbocycles. The van der Waals surface area contributed by atoms with E-state index in [2.05, 4.69) is 31.3 Å². The van der Waals surface area contributed by atoms with E-state index in [4.69, 9.17) is 9.47 Å². The molecule has 2 atom stereocenters. The van der Waals surface area contributed by atoms with Crippen molar-refractivity contribution in [3.8, 4) is 5.75 Å². The molecular weight excluding hydrogens is 226 g/mol. The molecule has 100 valence electrons. The Bertz CT molecular complexity index is 392. The van der Waals surface area contributed by atoms with Crippen LogP contribution in [0.2, 0.25) is 0 Å². The molecule has 2 rings (SSSR count). The first-order chi connectivity index (χ1) is 8.70. The molecule has 1 fully saturated rings. The molecule has 18 heavy (non-hydrogen) atoms. The van der Waals surface area contributed by atoms with Crippen molar-refractivity contribution >= 4 is 0 Å². The Balaban J connectivity index is 1.91. The largest absolute Gasteiger partial charge is 0.496 e. The van der Waals surface area contributed by atoms with Crippen molar-refractivity contribution in [1.82, 2.24) is 5.32 Å². The molecule has 1 aliphatic rings. The van der Waals surface area contributed by atoms with Crippen molar-refractivity contribution < 1.29 is 9.47 Å². The summed E-state index contributed by atoms with van der Waals surface area (Å²) >= 11 is 0. The minimum Gasteiger partial charge on any atom is -0.496 e. The first kappa shape index (κ1) is 13.4. The predicted octanol–water partition coefficient (Wildman–Crippen LogP) is 2.52. The van der Waals surface area contributed by atoms with Crippen LogP contribution in [0.3, 0.4) is 0 Å². The van der Waals surface area contributed by atoms with Crippen LogP contribution in [0.15, 0.2) is 18.2 Å². The summed E-state index contributed by atoms with van der Waals surface area (Å²) in [5.41, 5.74) is 2.50. The van der Waals surface area contributed by atoms with Crippen molar-refractivity contribution in [2.45, 2.75) is 32.9 Å². The molecule has 0 amide bonds. The van der Waals surface area contributed by atoms with Gasteiger partial charge in [0.25, 0.3) is 0 Å². The SMILES string of the molecule is COc1ccc(CNC2CCOCC2C)cc1C. The van der Waals surface area contributed by atoms with E-state index in [0.29, 0.717) is 12.0 Å². The van der Waals surface area contributed by atoms with Gasteiger partial charge < -0.3 is 14.8 Å². The van der Waals surface area contributed by atoms with Gasteiger partial charge in [0.2, 0.25) is 0 Å². The van der Waals surface area contributed by atoms with Crippen LogP contribution in [0, 0.1) is 12.8 Å². The fourth-order valence-corrected chi connectivity index (χ4v) is 2.48. The van der Waals surface area contributed by atoms with Crippen molar-refractivity contribution in [2.24, 2.45) is 5.92 Å². The van der Waals surface area contributed by atoms with E-state index in [9.17, 15) is 0 Å². The van der Waals surface area contributed by atoms with E-state index in [1.165, 1.54) is 11.1 Å². The summed E-state index contributed by atoms with van der Waals surface area (Å²) in [5, 5.41) is 3.63. The van der Waals surface area contributed by atoms with Gasteiger partial charge >= 0.3 is 0 Å². The number of nitrogens with one attached hydrogen (secondary N) is 1. The van der Waals surface area contributed by atoms with Crippen molar-refractivity contribution in [3.05, 3.63) is 29.3 Å². The Morgan fingerprint density at radius 2 is 2.28 bits per heavy atom. The lowest BCUT2D eigenvalue weighted by molar-refractivity contribution is 0.0386. The molecule has 3 nitrogen and oxygen atoms in total. The average molecular weight is 249 g/mol.